The molecule has 0 saturated heterocycles. The molecular weight excluding hydrogens is 201 g/mol. The highest BCUT2D eigenvalue weighted by molar-refractivity contribution is 6.63. The van der Waals surface area contributed by atoms with Crippen LogP contribution in [-0.4, -0.2) is 9.56 Å². The van der Waals surface area contributed by atoms with Crippen LogP contribution in [0.2, 0.25) is 0 Å². The molecule has 46 valence electrons. The molecule has 5 heteroatoms. The quantitative estimate of drug-likeness (QED) is 0.534. The molecule has 0 aromatic carbocycles. The van der Waals surface area contributed by atoms with Crippen molar-refractivity contribution in [1.82, 2.24) is 0 Å². The smallest absolute Gasteiger partial charge is 0.109 e. The molecule has 0 spiro atoms. The lowest BCUT2D eigenvalue weighted by Gasteiger charge is -1.69. The van der Waals surface area contributed by atoms with Crippen molar-refractivity contribution in [2.45, 2.75) is 4.27 Å². The van der Waals surface area contributed by atoms with Crippen LogP contribution >= 0.6 is 58.0 Å². The molecule has 0 atom stereocenters. The van der Waals surface area contributed by atoms with Gasteiger partial charge in [-0.2, -0.15) is 0 Å². The summed E-state index contributed by atoms with van der Waals surface area (Å²) in [5, 5.41) is -2.06. The van der Waals surface area contributed by atoms with Crippen LogP contribution in [0.1, 0.15) is 4.11 Å². The maximum Gasteiger partial charge on any atom is 0.180 e. The van der Waals surface area contributed by atoms with Crippen LogP contribution in [0.4, 0.5) is 0 Å². The molecule has 0 aromatic heterocycles. The fraction of sp³-hybridized carbons (Fsp3) is 1.00. The lowest BCUT2D eigenvalue weighted by Crippen LogP contribution is -1.55. The van der Waals surface area contributed by atoms with Crippen LogP contribution < -0.4 is 0 Å². The van der Waals surface area contributed by atoms with Gasteiger partial charge in [0.1, 0.15) is 0 Å². The molecule has 0 radical (unpaired) electrons. The third-order valence-electron chi connectivity index (χ3n) is 0. The maximum absolute atomic E-state index is 6.23. The number of hydrogen-bond donors (Lipinski definition) is 0. The molecule has 0 amide bonds. The van der Waals surface area contributed by atoms with Crippen molar-refractivity contribution in [3.8, 4) is 0 Å². The third kappa shape index (κ3) is 105. The minimum Gasteiger partial charge on any atom is -0.109 e. The third-order valence-corrected chi connectivity index (χ3v) is 0. The van der Waals surface area contributed by atoms with Crippen molar-refractivity contribution < 1.29 is 4.11 Å². The fourth-order valence-electron chi connectivity index (χ4n) is 0. The van der Waals surface area contributed by atoms with E-state index in [1.807, 2.05) is 0 Å². The molecule has 0 bridgehead atoms. The van der Waals surface area contributed by atoms with Crippen molar-refractivity contribution in [2.24, 2.45) is 0 Å². The molecule has 0 aliphatic heterocycles. The average Bonchev–Trinajstić information content (AvgIpc) is 1.12. The largest absolute Gasteiger partial charge is 0.180 e. The van der Waals surface area contributed by atoms with E-state index in [0.29, 0.717) is 0 Å². The predicted molar refractivity (Wildman–Crippen MR) is 37.9 cm³/mol. The minimum atomic E-state index is -2.06. The van der Waals surface area contributed by atoms with Crippen molar-refractivity contribution in [2.75, 3.05) is 5.29 Å². The Bertz CT molecular complexity index is 57.9. The number of halogens is 5. The topological polar surface area (TPSA) is 0 Å². The van der Waals surface area contributed by atoms with Gasteiger partial charge in [-0.3, -0.25) is 0 Å². The van der Waals surface area contributed by atoms with Crippen molar-refractivity contribution >= 4 is 58.0 Å². The summed E-state index contributed by atoms with van der Waals surface area (Å²) >= 11 is 23.4. The normalized spacial score (nSPS) is 17.6. The molecule has 0 rings (SSSR count). The predicted octanol–water partition coefficient (Wildman–Crippen LogP) is 3.41. The van der Waals surface area contributed by atoms with Crippen LogP contribution in [0.25, 0.3) is 0 Å². The zero-order chi connectivity index (χ0) is 9.00. The molecule has 0 N–H and O–H groups in total. The van der Waals surface area contributed by atoms with E-state index in [1.165, 1.54) is 0 Å². The van der Waals surface area contributed by atoms with Crippen LogP contribution in [0.15, 0.2) is 0 Å². The monoisotopic (exact) mass is 205 g/mol. The molecule has 0 unspecified atom stereocenters. The van der Waals surface area contributed by atoms with Crippen LogP contribution in [-0.2, 0) is 0 Å². The highest BCUT2D eigenvalue weighted by Gasteiger charge is 1.78. The van der Waals surface area contributed by atoms with Crippen LogP contribution in [0.3, 0.4) is 0 Å². The number of hydrogen-bond acceptors (Lipinski definition) is 0. The van der Waals surface area contributed by atoms with Gasteiger partial charge in [0.15, 0.2) is 4.27 Å². The van der Waals surface area contributed by atoms with Gasteiger partial charge >= 0.3 is 0 Å². The summed E-state index contributed by atoms with van der Waals surface area (Å²) in [4.78, 5) is 0. The molecule has 0 aliphatic rings. The molecule has 7 heavy (non-hydrogen) atoms. The molecule has 0 aromatic rings. The van der Waals surface area contributed by atoms with Gasteiger partial charge in [-0.15, -0.1) is 23.2 Å². The van der Waals surface area contributed by atoms with E-state index in [-0.39, 0.29) is 0 Å². The molecule has 0 heterocycles. The van der Waals surface area contributed by atoms with Gasteiger partial charge in [0.25, 0.3) is 0 Å². The minimum absolute atomic E-state index is 1.83. The standard InChI is InChI=1S/CHCl3.CH2Cl2/c2-1(3)4;2-1-3/h1H;1H2/i1D;1D2. The molecule has 0 saturated carbocycles. The highest BCUT2D eigenvalue weighted by atomic mass is 35.6. The first-order chi connectivity index (χ1) is 4.00. The van der Waals surface area contributed by atoms with E-state index in [2.05, 4.69) is 23.2 Å². The van der Waals surface area contributed by atoms with Crippen molar-refractivity contribution in [1.29, 1.82) is 0 Å². The SMILES string of the molecule is [2H]C(Cl)(Cl)Cl.[2H]C([2H])(Cl)Cl. The Hall–Kier alpha value is 1.45. The molecule has 0 nitrogen and oxygen atoms in total. The van der Waals surface area contributed by atoms with Crippen molar-refractivity contribution in [3.63, 3.8) is 0 Å². The van der Waals surface area contributed by atoms with Gasteiger partial charge in [0, 0.05) is 0 Å². The fourth-order valence-corrected chi connectivity index (χ4v) is 0. The Morgan fingerprint density at radius 2 is 1.43 bits per heavy atom. The van der Waals surface area contributed by atoms with Gasteiger partial charge in [-0.1, -0.05) is 34.8 Å². The number of rotatable bonds is 0. The molecule has 0 aliphatic carbocycles. The first-order valence-electron chi connectivity index (χ1n) is 2.44. The lowest BCUT2D eigenvalue weighted by atomic mass is 11.9. The average molecular weight is 207 g/mol. The summed E-state index contributed by atoms with van der Waals surface area (Å²) in [7, 11) is 0. The van der Waals surface area contributed by atoms with Gasteiger partial charge < -0.3 is 0 Å². The second kappa shape index (κ2) is 10.4. The van der Waals surface area contributed by atoms with Gasteiger partial charge in [-0.25, -0.2) is 0 Å². The van der Waals surface area contributed by atoms with E-state index in [0.717, 1.165) is 0 Å². The first-order valence-corrected chi connectivity index (χ1v) is 2.83. The molecular formula is C2H3Cl5. The van der Waals surface area contributed by atoms with Crippen LogP contribution in [0, 0.1) is 0 Å². The second-order valence-electron chi connectivity index (χ2n) is 0.286. The first kappa shape index (κ1) is 5.25. The van der Waals surface area contributed by atoms with Gasteiger partial charge in [-0.05, 0) is 0 Å². The van der Waals surface area contributed by atoms with E-state index in [1.54, 1.807) is 0 Å². The zero-order valence-corrected chi connectivity index (χ0v) is 6.67. The summed E-state index contributed by atoms with van der Waals surface area (Å²) in [5.74, 6) is 0. The second-order valence-corrected chi connectivity index (χ2v) is 2.57. The Morgan fingerprint density at radius 1 is 1.43 bits per heavy atom. The van der Waals surface area contributed by atoms with E-state index in [4.69, 9.17) is 38.9 Å². The van der Waals surface area contributed by atoms with E-state index >= 15 is 0 Å². The summed E-state index contributed by atoms with van der Waals surface area (Å²) in [6.45, 7) is 0. The lowest BCUT2D eigenvalue weighted by molar-refractivity contribution is 1.96. The summed E-state index contributed by atoms with van der Waals surface area (Å²) in [5.41, 5.74) is 0. The Kier molecular flexibility index (Phi) is 7.83. The van der Waals surface area contributed by atoms with E-state index < -0.39 is 9.56 Å². The van der Waals surface area contributed by atoms with Crippen LogP contribution in [0.5, 0.6) is 0 Å². The Labute approximate surface area is 71.8 Å². The summed E-state index contributed by atoms with van der Waals surface area (Å²) in [6.07, 6.45) is 0. The number of alkyl halides is 5. The van der Waals surface area contributed by atoms with E-state index in [9.17, 15) is 0 Å². The van der Waals surface area contributed by atoms with Gasteiger partial charge in [0.05, 0.1) is 9.40 Å². The molecule has 0 fully saturated rings. The summed E-state index contributed by atoms with van der Waals surface area (Å²) in [6, 6.07) is 0. The highest BCUT2D eigenvalue weighted by Crippen LogP contribution is 2.03. The van der Waals surface area contributed by atoms with Crippen molar-refractivity contribution in [3.05, 3.63) is 0 Å². The maximum atomic E-state index is 6.23. The summed E-state index contributed by atoms with van der Waals surface area (Å²) < 4.78 is 16.7. The Balaban J connectivity index is 0. The zero-order valence-electron chi connectivity index (χ0n) is 5.89. The van der Waals surface area contributed by atoms with Gasteiger partial charge in [0.2, 0.25) is 0 Å². The Morgan fingerprint density at radius 3 is 1.43 bits per heavy atom.